The van der Waals surface area contributed by atoms with Gasteiger partial charge in [-0.15, -0.1) is 0 Å². The molecule has 0 saturated carbocycles. The van der Waals surface area contributed by atoms with Crippen molar-refractivity contribution in [1.82, 2.24) is 20.4 Å². The van der Waals surface area contributed by atoms with Crippen LogP contribution in [0.3, 0.4) is 0 Å². The van der Waals surface area contributed by atoms with Gasteiger partial charge in [0.05, 0.1) is 6.20 Å². The van der Waals surface area contributed by atoms with E-state index < -0.39 is 11.7 Å². The van der Waals surface area contributed by atoms with Gasteiger partial charge >= 0.3 is 6.09 Å². The SMILES string of the molecule is Cn1ncc(CNCCNC(C)(C)C)c1NC(=O)OC(C)(C)C. The lowest BCUT2D eigenvalue weighted by atomic mass is 10.1. The highest BCUT2D eigenvalue weighted by atomic mass is 16.6. The molecule has 0 atom stereocenters. The first-order valence-corrected chi connectivity index (χ1v) is 7.94. The number of aryl methyl sites for hydroxylation is 1. The van der Waals surface area contributed by atoms with Gasteiger partial charge in [0.15, 0.2) is 0 Å². The summed E-state index contributed by atoms with van der Waals surface area (Å²) in [6.45, 7) is 14.2. The molecule has 3 N–H and O–H groups in total. The third-order valence-corrected chi connectivity index (χ3v) is 2.91. The summed E-state index contributed by atoms with van der Waals surface area (Å²) in [7, 11) is 1.79. The minimum absolute atomic E-state index is 0.111. The molecule has 0 radical (unpaired) electrons. The van der Waals surface area contributed by atoms with E-state index in [2.05, 4.69) is 41.8 Å². The van der Waals surface area contributed by atoms with Crippen LogP contribution < -0.4 is 16.0 Å². The molecule has 0 saturated heterocycles. The number of ether oxygens (including phenoxy) is 1. The molecular formula is C16H31N5O2. The number of rotatable bonds is 6. The standard InChI is InChI=1S/C16H31N5O2/c1-15(2,3)18-9-8-17-10-12-11-19-21(7)13(12)20-14(22)23-16(4,5)6/h11,17-18H,8-10H2,1-7H3,(H,20,22). The van der Waals surface area contributed by atoms with E-state index in [1.54, 1.807) is 17.9 Å². The quantitative estimate of drug-likeness (QED) is 0.699. The van der Waals surface area contributed by atoms with Crippen molar-refractivity contribution in [3.05, 3.63) is 11.8 Å². The molecule has 1 heterocycles. The van der Waals surface area contributed by atoms with Crippen molar-refractivity contribution in [3.63, 3.8) is 0 Å². The number of carbonyl (C=O) groups excluding carboxylic acids is 1. The second-order valence-corrected chi connectivity index (χ2v) is 7.62. The van der Waals surface area contributed by atoms with Crippen LogP contribution in [0, 0.1) is 0 Å². The van der Waals surface area contributed by atoms with E-state index in [1.165, 1.54) is 0 Å². The fourth-order valence-corrected chi connectivity index (χ4v) is 1.92. The fourth-order valence-electron chi connectivity index (χ4n) is 1.92. The maximum absolute atomic E-state index is 11.9. The lowest BCUT2D eigenvalue weighted by molar-refractivity contribution is 0.0634. The Morgan fingerprint density at radius 1 is 1.22 bits per heavy atom. The van der Waals surface area contributed by atoms with Crippen LogP contribution >= 0.6 is 0 Å². The summed E-state index contributed by atoms with van der Waals surface area (Å²) in [5, 5.41) is 13.7. The second-order valence-electron chi connectivity index (χ2n) is 7.62. The van der Waals surface area contributed by atoms with E-state index in [0.29, 0.717) is 12.4 Å². The molecule has 0 bridgehead atoms. The zero-order valence-electron chi connectivity index (χ0n) is 15.4. The van der Waals surface area contributed by atoms with Crippen molar-refractivity contribution >= 4 is 11.9 Å². The largest absolute Gasteiger partial charge is 0.444 e. The number of nitrogens with one attached hydrogen (secondary N) is 3. The van der Waals surface area contributed by atoms with Gasteiger partial charge in [-0.05, 0) is 41.5 Å². The van der Waals surface area contributed by atoms with Crippen LogP contribution in [0.25, 0.3) is 0 Å². The maximum Gasteiger partial charge on any atom is 0.413 e. The molecule has 0 fully saturated rings. The number of aromatic nitrogens is 2. The third kappa shape index (κ3) is 7.99. The van der Waals surface area contributed by atoms with Crippen LogP contribution in [0.15, 0.2) is 6.20 Å². The average Bonchev–Trinajstić information content (AvgIpc) is 2.67. The summed E-state index contributed by atoms with van der Waals surface area (Å²) in [5.41, 5.74) is 0.508. The summed E-state index contributed by atoms with van der Waals surface area (Å²) in [6, 6.07) is 0. The zero-order valence-corrected chi connectivity index (χ0v) is 15.4. The van der Waals surface area contributed by atoms with Gasteiger partial charge in [0, 0.05) is 37.8 Å². The van der Waals surface area contributed by atoms with Gasteiger partial charge < -0.3 is 15.4 Å². The highest BCUT2D eigenvalue weighted by Crippen LogP contribution is 2.16. The van der Waals surface area contributed by atoms with Crippen molar-refractivity contribution < 1.29 is 9.53 Å². The molecule has 0 aliphatic carbocycles. The van der Waals surface area contributed by atoms with E-state index in [-0.39, 0.29) is 5.54 Å². The minimum atomic E-state index is -0.528. The van der Waals surface area contributed by atoms with Crippen molar-refractivity contribution in [2.24, 2.45) is 7.05 Å². The smallest absolute Gasteiger partial charge is 0.413 e. The Kier molecular flexibility index (Phi) is 6.58. The molecule has 23 heavy (non-hydrogen) atoms. The Morgan fingerprint density at radius 2 is 1.87 bits per heavy atom. The van der Waals surface area contributed by atoms with Gasteiger partial charge in [-0.1, -0.05) is 0 Å². The number of anilines is 1. The number of amides is 1. The molecule has 1 aromatic rings. The van der Waals surface area contributed by atoms with Crippen LogP contribution in [0.1, 0.15) is 47.1 Å². The monoisotopic (exact) mass is 325 g/mol. The van der Waals surface area contributed by atoms with Crippen molar-refractivity contribution in [2.75, 3.05) is 18.4 Å². The lowest BCUT2D eigenvalue weighted by Crippen LogP contribution is -2.40. The van der Waals surface area contributed by atoms with Crippen LogP contribution in [-0.4, -0.2) is 40.1 Å². The number of hydrogen-bond donors (Lipinski definition) is 3. The van der Waals surface area contributed by atoms with Gasteiger partial charge in [-0.25, -0.2) is 4.79 Å². The molecule has 0 aliphatic heterocycles. The van der Waals surface area contributed by atoms with Crippen LogP contribution in [-0.2, 0) is 18.3 Å². The molecule has 0 aromatic carbocycles. The van der Waals surface area contributed by atoms with Crippen LogP contribution in [0.4, 0.5) is 10.6 Å². The Labute approximate surface area is 139 Å². The molecule has 0 unspecified atom stereocenters. The van der Waals surface area contributed by atoms with Crippen molar-refractivity contribution in [3.8, 4) is 0 Å². The maximum atomic E-state index is 11.9. The van der Waals surface area contributed by atoms with Gasteiger partial charge in [0.25, 0.3) is 0 Å². The van der Waals surface area contributed by atoms with Crippen molar-refractivity contribution in [2.45, 2.75) is 59.2 Å². The first kappa shape index (κ1) is 19.4. The average molecular weight is 325 g/mol. The predicted molar refractivity (Wildman–Crippen MR) is 92.5 cm³/mol. The Morgan fingerprint density at radius 3 is 2.43 bits per heavy atom. The first-order chi connectivity index (χ1) is 10.5. The summed E-state index contributed by atoms with van der Waals surface area (Å²) in [6.07, 6.45) is 1.27. The molecule has 0 spiro atoms. The minimum Gasteiger partial charge on any atom is -0.444 e. The molecular weight excluding hydrogens is 294 g/mol. The Balaban J connectivity index is 2.50. The Hall–Kier alpha value is -1.60. The molecule has 7 heteroatoms. The molecule has 132 valence electrons. The Bertz CT molecular complexity index is 512. The molecule has 7 nitrogen and oxygen atoms in total. The third-order valence-electron chi connectivity index (χ3n) is 2.91. The lowest BCUT2D eigenvalue weighted by Gasteiger charge is -2.21. The molecule has 1 aromatic heterocycles. The van der Waals surface area contributed by atoms with Gasteiger partial charge in [0.2, 0.25) is 0 Å². The van der Waals surface area contributed by atoms with Crippen LogP contribution in [0.5, 0.6) is 0 Å². The number of carbonyl (C=O) groups is 1. The van der Waals surface area contributed by atoms with E-state index in [9.17, 15) is 4.79 Å². The number of nitrogens with zero attached hydrogens (tertiary/aromatic N) is 2. The van der Waals surface area contributed by atoms with Crippen molar-refractivity contribution in [1.29, 1.82) is 0 Å². The van der Waals surface area contributed by atoms with E-state index in [4.69, 9.17) is 4.74 Å². The summed E-state index contributed by atoms with van der Waals surface area (Å²) in [4.78, 5) is 11.9. The highest BCUT2D eigenvalue weighted by Gasteiger charge is 2.19. The van der Waals surface area contributed by atoms with E-state index in [1.807, 2.05) is 20.8 Å². The number of hydrogen-bond acceptors (Lipinski definition) is 5. The van der Waals surface area contributed by atoms with E-state index >= 15 is 0 Å². The van der Waals surface area contributed by atoms with Gasteiger partial charge in [-0.3, -0.25) is 10.00 Å². The first-order valence-electron chi connectivity index (χ1n) is 7.94. The van der Waals surface area contributed by atoms with Gasteiger partial charge in [-0.2, -0.15) is 5.10 Å². The second kappa shape index (κ2) is 7.79. The highest BCUT2D eigenvalue weighted by molar-refractivity contribution is 5.84. The fraction of sp³-hybridized carbons (Fsp3) is 0.750. The van der Waals surface area contributed by atoms with E-state index in [0.717, 1.165) is 18.7 Å². The zero-order chi connectivity index (χ0) is 17.7. The summed E-state index contributed by atoms with van der Waals surface area (Å²) < 4.78 is 6.91. The van der Waals surface area contributed by atoms with Gasteiger partial charge in [0.1, 0.15) is 11.4 Å². The summed E-state index contributed by atoms with van der Waals surface area (Å²) in [5.74, 6) is 0.649. The molecule has 1 rings (SSSR count). The van der Waals surface area contributed by atoms with Crippen LogP contribution in [0.2, 0.25) is 0 Å². The predicted octanol–water partition coefficient (Wildman–Crippen LogP) is 2.24. The summed E-state index contributed by atoms with van der Waals surface area (Å²) >= 11 is 0. The molecule has 0 aliphatic rings. The normalized spacial score (nSPS) is 12.3. The molecule has 1 amide bonds. The topological polar surface area (TPSA) is 80.2 Å².